The van der Waals surface area contributed by atoms with Gasteiger partial charge in [-0.1, -0.05) is 12.1 Å². The van der Waals surface area contributed by atoms with Gasteiger partial charge in [0.15, 0.2) is 0 Å². The van der Waals surface area contributed by atoms with Crippen LogP contribution in [0.15, 0.2) is 42.5 Å². The third-order valence-corrected chi connectivity index (χ3v) is 3.02. The van der Waals surface area contributed by atoms with Crippen molar-refractivity contribution in [3.05, 3.63) is 53.6 Å². The quantitative estimate of drug-likeness (QED) is 0.834. The zero-order chi connectivity index (χ0) is 14.7. The van der Waals surface area contributed by atoms with Gasteiger partial charge in [0.2, 0.25) is 0 Å². The number of rotatable bonds is 3. The van der Waals surface area contributed by atoms with Crippen molar-refractivity contribution in [3.8, 4) is 6.07 Å². The molecule has 0 aliphatic carbocycles. The summed E-state index contributed by atoms with van der Waals surface area (Å²) in [4.78, 5) is 12.7. The van der Waals surface area contributed by atoms with Crippen molar-refractivity contribution in [1.29, 1.82) is 5.26 Å². The maximum atomic E-state index is 10.9. The number of para-hydroxylation sites is 1. The molecule has 5 nitrogen and oxygen atoms in total. The van der Waals surface area contributed by atoms with Crippen molar-refractivity contribution in [2.75, 3.05) is 17.7 Å². The van der Waals surface area contributed by atoms with Crippen LogP contribution in [0.25, 0.3) is 0 Å². The van der Waals surface area contributed by atoms with Gasteiger partial charge in [-0.25, -0.2) is 4.79 Å². The average Bonchev–Trinajstić information content (AvgIpc) is 2.46. The molecule has 0 saturated carbocycles. The first-order chi connectivity index (χ1) is 9.54. The summed E-state index contributed by atoms with van der Waals surface area (Å²) in [6.45, 7) is 0. The molecular weight excluding hydrogens is 254 g/mol. The second-order valence-corrected chi connectivity index (χ2v) is 4.27. The van der Waals surface area contributed by atoms with E-state index in [0.29, 0.717) is 22.6 Å². The van der Waals surface area contributed by atoms with E-state index in [2.05, 4.69) is 6.07 Å². The number of aromatic carboxylic acids is 1. The van der Waals surface area contributed by atoms with Gasteiger partial charge in [-0.2, -0.15) is 5.26 Å². The SMILES string of the molecule is CN(c1ccc(C(=O)O)cc1N)c1ccccc1C#N. The zero-order valence-corrected chi connectivity index (χ0v) is 10.9. The van der Waals surface area contributed by atoms with E-state index < -0.39 is 5.97 Å². The zero-order valence-electron chi connectivity index (χ0n) is 10.9. The second kappa shape index (κ2) is 5.33. The number of nitrogens with two attached hydrogens (primary N) is 1. The summed E-state index contributed by atoms with van der Waals surface area (Å²) in [5.74, 6) is -1.02. The molecular formula is C15H13N3O2. The molecule has 3 N–H and O–H groups in total. The summed E-state index contributed by atoms with van der Waals surface area (Å²) in [6.07, 6.45) is 0. The van der Waals surface area contributed by atoms with Crippen molar-refractivity contribution >= 4 is 23.0 Å². The first kappa shape index (κ1) is 13.4. The lowest BCUT2D eigenvalue weighted by molar-refractivity contribution is 0.0697. The Hall–Kier alpha value is -3.00. The molecule has 0 amide bonds. The van der Waals surface area contributed by atoms with Crippen LogP contribution in [0, 0.1) is 11.3 Å². The molecule has 0 atom stereocenters. The Labute approximate surface area is 116 Å². The standard InChI is InChI=1S/C15H13N3O2/c1-18(13-5-3-2-4-11(13)9-16)14-7-6-10(15(19)20)8-12(14)17/h2-8H,17H2,1H3,(H,19,20). The minimum atomic E-state index is -1.02. The summed E-state index contributed by atoms with van der Waals surface area (Å²) in [7, 11) is 1.78. The van der Waals surface area contributed by atoms with Crippen LogP contribution in [-0.2, 0) is 0 Å². The molecule has 0 unspecified atom stereocenters. The lowest BCUT2D eigenvalue weighted by Gasteiger charge is -2.22. The summed E-state index contributed by atoms with van der Waals surface area (Å²) in [5.41, 5.74) is 8.27. The topological polar surface area (TPSA) is 90.3 Å². The highest BCUT2D eigenvalue weighted by Crippen LogP contribution is 2.31. The molecule has 100 valence electrons. The van der Waals surface area contributed by atoms with E-state index >= 15 is 0 Å². The fourth-order valence-electron chi connectivity index (χ4n) is 1.98. The van der Waals surface area contributed by atoms with Gasteiger partial charge in [-0.3, -0.25) is 0 Å². The van der Waals surface area contributed by atoms with Crippen LogP contribution >= 0.6 is 0 Å². The number of carboxylic acids is 1. The maximum Gasteiger partial charge on any atom is 0.335 e. The molecule has 0 aliphatic heterocycles. The van der Waals surface area contributed by atoms with E-state index in [9.17, 15) is 4.79 Å². The first-order valence-electron chi connectivity index (χ1n) is 5.90. The molecule has 2 aromatic carbocycles. The molecule has 0 radical (unpaired) electrons. The Bertz CT molecular complexity index is 705. The predicted octanol–water partition coefficient (Wildman–Crippen LogP) is 2.61. The first-order valence-corrected chi connectivity index (χ1v) is 5.90. The van der Waals surface area contributed by atoms with Crippen LogP contribution in [-0.4, -0.2) is 18.1 Å². The summed E-state index contributed by atoms with van der Waals surface area (Å²) >= 11 is 0. The number of anilines is 3. The maximum absolute atomic E-state index is 10.9. The Morgan fingerprint density at radius 3 is 2.55 bits per heavy atom. The molecule has 0 saturated heterocycles. The Morgan fingerprint density at radius 1 is 1.25 bits per heavy atom. The predicted molar refractivity (Wildman–Crippen MR) is 77.0 cm³/mol. The highest BCUT2D eigenvalue weighted by Gasteiger charge is 2.13. The minimum absolute atomic E-state index is 0.133. The molecule has 2 aromatic rings. The van der Waals surface area contributed by atoms with Gasteiger partial charge < -0.3 is 15.7 Å². The number of carbonyl (C=O) groups is 1. The lowest BCUT2D eigenvalue weighted by atomic mass is 10.1. The molecule has 0 heterocycles. The van der Waals surface area contributed by atoms with Crippen molar-refractivity contribution < 1.29 is 9.90 Å². The molecule has 0 spiro atoms. The van der Waals surface area contributed by atoms with Crippen LogP contribution in [0.3, 0.4) is 0 Å². The van der Waals surface area contributed by atoms with Crippen LogP contribution in [0.2, 0.25) is 0 Å². The molecule has 5 heteroatoms. The van der Waals surface area contributed by atoms with E-state index in [4.69, 9.17) is 16.1 Å². The molecule has 20 heavy (non-hydrogen) atoms. The van der Waals surface area contributed by atoms with Gasteiger partial charge in [0, 0.05) is 7.05 Å². The monoisotopic (exact) mass is 267 g/mol. The molecule has 0 aromatic heterocycles. The Morgan fingerprint density at radius 2 is 1.95 bits per heavy atom. The van der Waals surface area contributed by atoms with Crippen LogP contribution in [0.5, 0.6) is 0 Å². The number of hydrogen-bond acceptors (Lipinski definition) is 4. The van der Waals surface area contributed by atoms with Crippen LogP contribution < -0.4 is 10.6 Å². The third kappa shape index (κ3) is 2.40. The van der Waals surface area contributed by atoms with E-state index in [0.717, 1.165) is 0 Å². The van der Waals surface area contributed by atoms with Crippen molar-refractivity contribution in [2.45, 2.75) is 0 Å². The van der Waals surface area contributed by atoms with Gasteiger partial charge in [-0.15, -0.1) is 0 Å². The largest absolute Gasteiger partial charge is 0.478 e. The van der Waals surface area contributed by atoms with Gasteiger partial charge in [-0.05, 0) is 30.3 Å². The van der Waals surface area contributed by atoms with E-state index in [-0.39, 0.29) is 5.56 Å². The number of nitrogen functional groups attached to an aromatic ring is 1. The van der Waals surface area contributed by atoms with Gasteiger partial charge in [0.25, 0.3) is 0 Å². The smallest absolute Gasteiger partial charge is 0.335 e. The minimum Gasteiger partial charge on any atom is -0.478 e. The van der Waals surface area contributed by atoms with E-state index in [1.165, 1.54) is 12.1 Å². The summed E-state index contributed by atoms with van der Waals surface area (Å²) < 4.78 is 0. The molecule has 0 aliphatic rings. The van der Waals surface area contributed by atoms with Crippen LogP contribution in [0.4, 0.5) is 17.1 Å². The lowest BCUT2D eigenvalue weighted by Crippen LogP contribution is -2.13. The second-order valence-electron chi connectivity index (χ2n) is 4.27. The van der Waals surface area contributed by atoms with Crippen molar-refractivity contribution in [2.24, 2.45) is 0 Å². The van der Waals surface area contributed by atoms with Gasteiger partial charge >= 0.3 is 5.97 Å². The van der Waals surface area contributed by atoms with Gasteiger partial charge in [0.1, 0.15) is 6.07 Å². The fraction of sp³-hybridized carbons (Fsp3) is 0.0667. The average molecular weight is 267 g/mol. The molecule has 0 bridgehead atoms. The number of benzene rings is 2. The normalized spacial score (nSPS) is 9.80. The number of hydrogen-bond donors (Lipinski definition) is 2. The van der Waals surface area contributed by atoms with Crippen molar-refractivity contribution in [3.63, 3.8) is 0 Å². The summed E-state index contributed by atoms with van der Waals surface area (Å²) in [5, 5.41) is 18.0. The highest BCUT2D eigenvalue weighted by molar-refractivity contribution is 5.91. The highest BCUT2D eigenvalue weighted by atomic mass is 16.4. The number of carboxylic acid groups (broad SMARTS) is 1. The van der Waals surface area contributed by atoms with Crippen molar-refractivity contribution in [1.82, 2.24) is 0 Å². The van der Waals surface area contributed by atoms with Crippen LogP contribution in [0.1, 0.15) is 15.9 Å². The number of nitrogens with zero attached hydrogens (tertiary/aromatic N) is 2. The van der Waals surface area contributed by atoms with Gasteiger partial charge in [0.05, 0.1) is 28.2 Å². The summed E-state index contributed by atoms with van der Waals surface area (Å²) in [6, 6.07) is 13.8. The molecule has 2 rings (SSSR count). The fourth-order valence-corrected chi connectivity index (χ4v) is 1.98. The number of nitriles is 1. The van der Waals surface area contributed by atoms with E-state index in [1.54, 1.807) is 30.1 Å². The Balaban J connectivity index is 2.46. The molecule has 0 fully saturated rings. The third-order valence-electron chi connectivity index (χ3n) is 3.02. The van der Waals surface area contributed by atoms with E-state index in [1.807, 2.05) is 12.1 Å². The Kier molecular flexibility index (Phi) is 3.58.